The van der Waals surface area contributed by atoms with E-state index in [-0.39, 0.29) is 18.6 Å². The van der Waals surface area contributed by atoms with Crippen LogP contribution in [-0.2, 0) is 9.53 Å². The van der Waals surface area contributed by atoms with Gasteiger partial charge in [0.05, 0.1) is 6.54 Å². The summed E-state index contributed by atoms with van der Waals surface area (Å²) < 4.78 is 10.2. The molecule has 0 saturated carbocycles. The van der Waals surface area contributed by atoms with Crippen molar-refractivity contribution in [1.82, 2.24) is 10.2 Å². The molecule has 20 heavy (non-hydrogen) atoms. The minimum absolute atomic E-state index is 0.0324. The van der Waals surface area contributed by atoms with Gasteiger partial charge in [-0.3, -0.25) is 4.79 Å². The van der Waals surface area contributed by atoms with E-state index in [4.69, 9.17) is 9.47 Å². The predicted molar refractivity (Wildman–Crippen MR) is 72.6 cm³/mol. The maximum Gasteiger partial charge on any atom is 0.409 e. The Balaban J connectivity index is 1.66. The first-order valence-corrected chi connectivity index (χ1v) is 6.53. The van der Waals surface area contributed by atoms with E-state index in [9.17, 15) is 9.59 Å². The average molecular weight is 278 g/mol. The number of nitrogens with zero attached hydrogens (tertiary/aromatic N) is 1. The fourth-order valence-corrected chi connectivity index (χ4v) is 1.87. The lowest BCUT2D eigenvalue weighted by atomic mass is 10.2. The van der Waals surface area contributed by atoms with Gasteiger partial charge in [-0.15, -0.1) is 0 Å². The van der Waals surface area contributed by atoms with Gasteiger partial charge < -0.3 is 19.7 Å². The summed E-state index contributed by atoms with van der Waals surface area (Å²) in [5.41, 5.74) is 0.986. The number of aryl methyl sites for hydroxylation is 1. The number of carbonyl (C=O) groups excluding carboxylic acids is 2. The molecule has 1 N–H and O–H groups in total. The highest BCUT2D eigenvalue weighted by Crippen LogP contribution is 2.15. The molecule has 1 saturated heterocycles. The predicted octanol–water partition coefficient (Wildman–Crippen LogP) is 0.942. The summed E-state index contributed by atoms with van der Waals surface area (Å²) in [6.07, 6.45) is -0.324. The molecule has 1 heterocycles. The van der Waals surface area contributed by atoms with Gasteiger partial charge in [-0.05, 0) is 18.6 Å². The number of hydrogen-bond acceptors (Lipinski definition) is 4. The zero-order valence-electron chi connectivity index (χ0n) is 11.4. The third kappa shape index (κ3) is 3.88. The summed E-state index contributed by atoms with van der Waals surface area (Å²) in [6, 6.07) is 7.52. The number of nitrogens with one attached hydrogen (secondary N) is 1. The second kappa shape index (κ2) is 6.79. The molecule has 0 unspecified atom stereocenters. The molecule has 0 aromatic heterocycles. The van der Waals surface area contributed by atoms with Crippen molar-refractivity contribution in [2.75, 3.05) is 32.8 Å². The normalized spacial score (nSPS) is 14.1. The quantitative estimate of drug-likeness (QED) is 0.841. The first-order chi connectivity index (χ1) is 9.66. The van der Waals surface area contributed by atoms with Gasteiger partial charge >= 0.3 is 6.09 Å². The molecule has 2 rings (SSSR count). The molecule has 1 aliphatic heterocycles. The number of benzene rings is 1. The van der Waals surface area contributed by atoms with E-state index in [2.05, 4.69) is 5.32 Å². The first kappa shape index (κ1) is 14.2. The molecular formula is C14H18N2O4. The van der Waals surface area contributed by atoms with Gasteiger partial charge in [-0.25, -0.2) is 4.79 Å². The Bertz CT molecular complexity index is 490. The molecule has 6 nitrogen and oxygen atoms in total. The molecule has 0 bridgehead atoms. The smallest absolute Gasteiger partial charge is 0.409 e. The largest absolute Gasteiger partial charge is 0.484 e. The molecule has 0 radical (unpaired) electrons. The monoisotopic (exact) mass is 278 g/mol. The summed E-state index contributed by atoms with van der Waals surface area (Å²) in [7, 11) is 0. The van der Waals surface area contributed by atoms with E-state index in [0.717, 1.165) is 5.56 Å². The number of para-hydroxylation sites is 1. The van der Waals surface area contributed by atoms with E-state index in [1.54, 1.807) is 4.90 Å². The molecule has 0 atom stereocenters. The number of amides is 2. The number of hydrogen-bond donors (Lipinski definition) is 1. The molecule has 1 fully saturated rings. The maximum atomic E-state index is 11.6. The van der Waals surface area contributed by atoms with Crippen molar-refractivity contribution in [1.29, 1.82) is 0 Å². The zero-order chi connectivity index (χ0) is 14.4. The highest BCUT2D eigenvalue weighted by molar-refractivity contribution is 5.77. The SMILES string of the molecule is Cc1ccccc1OCC(=O)NCCN1CCOC1=O. The van der Waals surface area contributed by atoms with E-state index >= 15 is 0 Å². The van der Waals surface area contributed by atoms with Crippen molar-refractivity contribution >= 4 is 12.0 Å². The Morgan fingerprint density at radius 1 is 1.45 bits per heavy atom. The van der Waals surface area contributed by atoms with Crippen LogP contribution in [0.3, 0.4) is 0 Å². The number of rotatable bonds is 6. The Labute approximate surface area is 117 Å². The standard InChI is InChI=1S/C14H18N2O4/c1-11-4-2-3-5-12(11)20-10-13(17)15-6-7-16-8-9-19-14(16)18/h2-5H,6-10H2,1H3,(H,15,17). The van der Waals surface area contributed by atoms with E-state index in [1.807, 2.05) is 31.2 Å². The summed E-state index contributed by atoms with van der Waals surface area (Å²) in [4.78, 5) is 24.3. The summed E-state index contributed by atoms with van der Waals surface area (Å²) in [5, 5.41) is 2.71. The Morgan fingerprint density at radius 2 is 2.25 bits per heavy atom. The highest BCUT2D eigenvalue weighted by Gasteiger charge is 2.21. The minimum Gasteiger partial charge on any atom is -0.484 e. The third-order valence-electron chi connectivity index (χ3n) is 3.00. The van der Waals surface area contributed by atoms with Gasteiger partial charge in [0.15, 0.2) is 6.61 Å². The molecular weight excluding hydrogens is 260 g/mol. The molecule has 1 aromatic carbocycles. The Morgan fingerprint density at radius 3 is 2.95 bits per heavy atom. The van der Waals surface area contributed by atoms with Crippen LogP contribution in [-0.4, -0.2) is 49.7 Å². The van der Waals surface area contributed by atoms with Crippen molar-refractivity contribution in [3.63, 3.8) is 0 Å². The van der Waals surface area contributed by atoms with Crippen molar-refractivity contribution in [3.05, 3.63) is 29.8 Å². The van der Waals surface area contributed by atoms with Crippen molar-refractivity contribution in [2.24, 2.45) is 0 Å². The van der Waals surface area contributed by atoms with E-state index in [0.29, 0.717) is 32.0 Å². The number of ether oxygens (including phenoxy) is 2. The lowest BCUT2D eigenvalue weighted by molar-refractivity contribution is -0.123. The van der Waals surface area contributed by atoms with Crippen LogP contribution in [0.1, 0.15) is 5.56 Å². The van der Waals surface area contributed by atoms with Gasteiger partial charge in [-0.1, -0.05) is 18.2 Å². The highest BCUT2D eigenvalue weighted by atomic mass is 16.6. The molecule has 0 aliphatic carbocycles. The fourth-order valence-electron chi connectivity index (χ4n) is 1.87. The molecule has 108 valence electrons. The van der Waals surface area contributed by atoms with Gasteiger partial charge in [0.2, 0.25) is 0 Å². The molecule has 1 aliphatic rings. The Kier molecular flexibility index (Phi) is 4.81. The van der Waals surface area contributed by atoms with Crippen LogP contribution in [0, 0.1) is 6.92 Å². The first-order valence-electron chi connectivity index (χ1n) is 6.53. The van der Waals surface area contributed by atoms with Crippen LogP contribution in [0.4, 0.5) is 4.79 Å². The topological polar surface area (TPSA) is 67.9 Å². The van der Waals surface area contributed by atoms with Crippen molar-refractivity contribution in [2.45, 2.75) is 6.92 Å². The van der Waals surface area contributed by atoms with Gasteiger partial charge in [0.25, 0.3) is 5.91 Å². The minimum atomic E-state index is -0.324. The Hall–Kier alpha value is -2.24. The molecule has 0 spiro atoms. The number of carbonyl (C=O) groups is 2. The zero-order valence-corrected chi connectivity index (χ0v) is 11.4. The second-order valence-corrected chi connectivity index (χ2v) is 4.51. The van der Waals surface area contributed by atoms with Crippen molar-refractivity contribution < 1.29 is 19.1 Å². The van der Waals surface area contributed by atoms with Crippen LogP contribution in [0.15, 0.2) is 24.3 Å². The van der Waals surface area contributed by atoms with Crippen LogP contribution in [0.5, 0.6) is 5.75 Å². The van der Waals surface area contributed by atoms with Gasteiger partial charge in [-0.2, -0.15) is 0 Å². The van der Waals surface area contributed by atoms with E-state index < -0.39 is 0 Å². The van der Waals surface area contributed by atoms with Crippen LogP contribution in [0.2, 0.25) is 0 Å². The van der Waals surface area contributed by atoms with Gasteiger partial charge in [0, 0.05) is 13.1 Å². The molecule has 2 amide bonds. The second-order valence-electron chi connectivity index (χ2n) is 4.51. The summed E-state index contributed by atoms with van der Waals surface area (Å²) in [6.45, 7) is 3.74. The lowest BCUT2D eigenvalue weighted by Gasteiger charge is -2.13. The van der Waals surface area contributed by atoms with Crippen LogP contribution in [0.25, 0.3) is 0 Å². The third-order valence-corrected chi connectivity index (χ3v) is 3.00. The van der Waals surface area contributed by atoms with Crippen LogP contribution < -0.4 is 10.1 Å². The lowest BCUT2D eigenvalue weighted by Crippen LogP contribution is -2.37. The van der Waals surface area contributed by atoms with Gasteiger partial charge in [0.1, 0.15) is 12.4 Å². The summed E-state index contributed by atoms with van der Waals surface area (Å²) >= 11 is 0. The average Bonchev–Trinajstić information content (AvgIpc) is 2.84. The van der Waals surface area contributed by atoms with E-state index in [1.165, 1.54) is 0 Å². The number of cyclic esters (lactones) is 1. The molecule has 6 heteroatoms. The molecule has 1 aromatic rings. The maximum absolute atomic E-state index is 11.6. The summed E-state index contributed by atoms with van der Waals surface area (Å²) in [5.74, 6) is 0.492. The van der Waals surface area contributed by atoms with Crippen LogP contribution >= 0.6 is 0 Å². The van der Waals surface area contributed by atoms with Crippen molar-refractivity contribution in [3.8, 4) is 5.75 Å². The fraction of sp³-hybridized carbons (Fsp3) is 0.429.